The smallest absolute Gasteiger partial charge is 0.261 e. The molecule has 4 rings (SSSR count). The van der Waals surface area contributed by atoms with E-state index in [0.29, 0.717) is 37.9 Å². The Hall–Kier alpha value is -3.28. The largest absolute Gasteiger partial charge is 0.326 e. The van der Waals surface area contributed by atoms with Crippen molar-refractivity contribution in [1.82, 2.24) is 4.31 Å². The molecule has 3 aromatic carbocycles. The number of aryl methyl sites for hydroxylation is 1. The highest BCUT2D eigenvalue weighted by atomic mass is 32.2. The summed E-state index contributed by atoms with van der Waals surface area (Å²) in [6.45, 7) is 0.513. The summed E-state index contributed by atoms with van der Waals surface area (Å²) in [5.41, 5.74) is 1.71. The van der Waals surface area contributed by atoms with Crippen LogP contribution in [0.5, 0.6) is 0 Å². The highest BCUT2D eigenvalue weighted by Gasteiger charge is 2.32. The van der Waals surface area contributed by atoms with E-state index in [9.17, 15) is 26.0 Å². The Labute approximate surface area is 223 Å². The number of benzene rings is 3. The molecule has 1 fully saturated rings. The minimum absolute atomic E-state index is 0.0229. The predicted octanol–water partition coefficient (Wildman–Crippen LogP) is 4.24. The van der Waals surface area contributed by atoms with Crippen LogP contribution in [-0.4, -0.2) is 45.9 Å². The summed E-state index contributed by atoms with van der Waals surface area (Å²) in [5, 5.41) is 2.77. The minimum atomic E-state index is -3.90. The molecule has 202 valence electrons. The number of piperidine rings is 1. The topological polar surface area (TPSA) is 113 Å². The van der Waals surface area contributed by atoms with Gasteiger partial charge in [-0.3, -0.25) is 9.52 Å². The molecular weight excluding hydrogens is 529 g/mol. The Morgan fingerprint density at radius 2 is 1.55 bits per heavy atom. The standard InChI is InChI=1S/C27H30FN3O5S2/c28-23-10-12-25(13-11-23)30-38(35,36)26-16-14-24(15-17-26)29-27(32)22-9-4-18-31(20-22)37(33,34)19-5-8-21-6-2-1-3-7-21/h1-3,6-7,10-17,22,30H,4-5,8-9,18-20H2,(H,29,32). The Morgan fingerprint density at radius 3 is 2.24 bits per heavy atom. The molecule has 1 atom stereocenters. The zero-order valence-electron chi connectivity index (χ0n) is 20.7. The lowest BCUT2D eigenvalue weighted by molar-refractivity contribution is -0.120. The van der Waals surface area contributed by atoms with Crippen LogP contribution in [0, 0.1) is 11.7 Å². The van der Waals surface area contributed by atoms with E-state index >= 15 is 0 Å². The number of hydrogen-bond donors (Lipinski definition) is 2. The number of amides is 1. The van der Waals surface area contributed by atoms with Crippen molar-refractivity contribution in [3.05, 3.63) is 90.2 Å². The molecular formula is C27H30FN3O5S2. The van der Waals surface area contributed by atoms with Crippen LogP contribution in [-0.2, 0) is 31.3 Å². The summed E-state index contributed by atoms with van der Waals surface area (Å²) in [4.78, 5) is 12.9. The second-order valence-electron chi connectivity index (χ2n) is 9.23. The second kappa shape index (κ2) is 12.1. The number of carbonyl (C=O) groups excluding carboxylic acids is 1. The van der Waals surface area contributed by atoms with Crippen LogP contribution in [0.2, 0.25) is 0 Å². The first-order chi connectivity index (χ1) is 18.1. The fraction of sp³-hybridized carbons (Fsp3) is 0.296. The van der Waals surface area contributed by atoms with Gasteiger partial charge in [-0.05, 0) is 79.8 Å². The normalized spacial score (nSPS) is 16.6. The molecule has 1 saturated heterocycles. The first-order valence-corrected chi connectivity index (χ1v) is 15.4. The van der Waals surface area contributed by atoms with E-state index in [1.165, 1.54) is 40.7 Å². The molecule has 0 aliphatic carbocycles. The SMILES string of the molecule is O=C(Nc1ccc(S(=O)(=O)Nc2ccc(F)cc2)cc1)C1CCCN(S(=O)(=O)CCCc2ccccc2)C1. The molecule has 1 amide bonds. The van der Waals surface area contributed by atoms with E-state index in [1.807, 2.05) is 30.3 Å². The number of anilines is 2. The van der Waals surface area contributed by atoms with Crippen molar-refractivity contribution in [1.29, 1.82) is 0 Å². The van der Waals surface area contributed by atoms with Gasteiger partial charge in [0, 0.05) is 24.5 Å². The van der Waals surface area contributed by atoms with Crippen LogP contribution in [0.1, 0.15) is 24.8 Å². The Bertz CT molecular complexity index is 1450. The summed E-state index contributed by atoms with van der Waals surface area (Å²) >= 11 is 0. The average molecular weight is 560 g/mol. The number of nitrogens with one attached hydrogen (secondary N) is 2. The molecule has 1 heterocycles. The lowest BCUT2D eigenvalue weighted by Gasteiger charge is -2.31. The Balaban J connectivity index is 1.31. The summed E-state index contributed by atoms with van der Waals surface area (Å²) in [6, 6.07) is 20.3. The summed E-state index contributed by atoms with van der Waals surface area (Å²) < 4.78 is 67.8. The number of nitrogens with zero attached hydrogens (tertiary/aromatic N) is 1. The van der Waals surface area contributed by atoms with Gasteiger partial charge in [0.05, 0.1) is 16.6 Å². The van der Waals surface area contributed by atoms with Gasteiger partial charge in [-0.2, -0.15) is 0 Å². The maximum absolute atomic E-state index is 13.1. The third-order valence-electron chi connectivity index (χ3n) is 6.39. The molecule has 11 heteroatoms. The molecule has 3 aromatic rings. The van der Waals surface area contributed by atoms with Gasteiger partial charge >= 0.3 is 0 Å². The van der Waals surface area contributed by atoms with Crippen molar-refractivity contribution in [2.75, 3.05) is 28.9 Å². The van der Waals surface area contributed by atoms with Crippen LogP contribution < -0.4 is 10.0 Å². The van der Waals surface area contributed by atoms with E-state index in [1.54, 1.807) is 0 Å². The van der Waals surface area contributed by atoms with Gasteiger partial charge in [-0.15, -0.1) is 0 Å². The maximum Gasteiger partial charge on any atom is 0.261 e. The molecule has 1 unspecified atom stereocenters. The van der Waals surface area contributed by atoms with Gasteiger partial charge in [0.25, 0.3) is 10.0 Å². The third-order valence-corrected chi connectivity index (χ3v) is 9.71. The van der Waals surface area contributed by atoms with E-state index in [4.69, 9.17) is 0 Å². The maximum atomic E-state index is 13.1. The number of hydrogen-bond acceptors (Lipinski definition) is 5. The number of carbonyl (C=O) groups is 1. The van der Waals surface area contributed by atoms with Crippen LogP contribution >= 0.6 is 0 Å². The van der Waals surface area contributed by atoms with E-state index in [-0.39, 0.29) is 28.8 Å². The molecule has 0 spiro atoms. The second-order valence-corrected chi connectivity index (χ2v) is 13.0. The molecule has 2 N–H and O–H groups in total. The highest BCUT2D eigenvalue weighted by Crippen LogP contribution is 2.23. The van der Waals surface area contributed by atoms with Crippen LogP contribution in [0.4, 0.5) is 15.8 Å². The lowest BCUT2D eigenvalue weighted by Crippen LogP contribution is -2.44. The molecule has 0 aromatic heterocycles. The summed E-state index contributed by atoms with van der Waals surface area (Å²) in [6.07, 6.45) is 2.33. The van der Waals surface area contributed by atoms with Crippen molar-refractivity contribution >= 4 is 37.3 Å². The molecule has 0 radical (unpaired) electrons. The van der Waals surface area contributed by atoms with Crippen LogP contribution in [0.3, 0.4) is 0 Å². The number of sulfonamides is 2. The molecule has 0 bridgehead atoms. The first-order valence-electron chi connectivity index (χ1n) is 12.3. The van der Waals surface area contributed by atoms with Crippen molar-refractivity contribution < 1.29 is 26.0 Å². The lowest BCUT2D eigenvalue weighted by atomic mass is 9.99. The van der Waals surface area contributed by atoms with Gasteiger partial charge in [0.2, 0.25) is 15.9 Å². The van der Waals surface area contributed by atoms with Crippen molar-refractivity contribution in [2.24, 2.45) is 5.92 Å². The van der Waals surface area contributed by atoms with E-state index in [2.05, 4.69) is 10.0 Å². The summed E-state index contributed by atoms with van der Waals surface area (Å²) in [7, 11) is -7.38. The molecule has 1 aliphatic heterocycles. The predicted molar refractivity (Wildman–Crippen MR) is 145 cm³/mol. The molecule has 38 heavy (non-hydrogen) atoms. The van der Waals surface area contributed by atoms with Crippen molar-refractivity contribution in [3.8, 4) is 0 Å². The molecule has 8 nitrogen and oxygen atoms in total. The zero-order chi connectivity index (χ0) is 27.2. The molecule has 1 aliphatic rings. The highest BCUT2D eigenvalue weighted by molar-refractivity contribution is 7.92. The van der Waals surface area contributed by atoms with Gasteiger partial charge in [-0.1, -0.05) is 30.3 Å². The molecule has 0 saturated carbocycles. The quantitative estimate of drug-likeness (QED) is 0.386. The average Bonchev–Trinajstić information content (AvgIpc) is 2.91. The Kier molecular flexibility index (Phi) is 8.80. The minimum Gasteiger partial charge on any atom is -0.326 e. The van der Waals surface area contributed by atoms with Gasteiger partial charge < -0.3 is 5.32 Å². The van der Waals surface area contributed by atoms with E-state index in [0.717, 1.165) is 17.7 Å². The van der Waals surface area contributed by atoms with Gasteiger partial charge in [0.15, 0.2) is 0 Å². The number of rotatable bonds is 10. The summed E-state index contributed by atoms with van der Waals surface area (Å²) in [5.74, 6) is -1.27. The Morgan fingerprint density at radius 1 is 0.895 bits per heavy atom. The fourth-order valence-electron chi connectivity index (χ4n) is 4.34. The van der Waals surface area contributed by atoms with Crippen LogP contribution in [0.25, 0.3) is 0 Å². The zero-order valence-corrected chi connectivity index (χ0v) is 22.3. The van der Waals surface area contributed by atoms with Crippen LogP contribution in [0.15, 0.2) is 83.8 Å². The van der Waals surface area contributed by atoms with Gasteiger partial charge in [-0.25, -0.2) is 25.5 Å². The fourth-order valence-corrected chi connectivity index (χ4v) is 6.98. The first kappa shape index (κ1) is 27.7. The van der Waals surface area contributed by atoms with E-state index < -0.39 is 31.8 Å². The third kappa shape index (κ3) is 7.40. The monoisotopic (exact) mass is 559 g/mol. The van der Waals surface area contributed by atoms with Gasteiger partial charge in [0.1, 0.15) is 5.82 Å². The number of halogens is 1. The van der Waals surface area contributed by atoms with Crippen molar-refractivity contribution in [2.45, 2.75) is 30.6 Å². The van der Waals surface area contributed by atoms with Crippen molar-refractivity contribution in [3.63, 3.8) is 0 Å².